The molecule has 30 heavy (non-hydrogen) atoms. The Kier molecular flexibility index (Phi) is 7.46. The molecule has 1 atom stereocenters. The van der Waals surface area contributed by atoms with E-state index in [4.69, 9.17) is 11.6 Å². The first kappa shape index (κ1) is 21.8. The number of benzene rings is 3. The van der Waals surface area contributed by atoms with Crippen molar-refractivity contribution in [2.75, 3.05) is 32.0 Å². The Labute approximate surface area is 181 Å². The molecule has 0 aliphatic rings. The molecule has 3 rings (SSSR count). The molecule has 3 aromatic carbocycles. The highest BCUT2D eigenvalue weighted by molar-refractivity contribution is 6.30. The number of aliphatic hydroxyl groups excluding tert-OH is 1. The van der Waals surface area contributed by atoms with Gasteiger partial charge in [-0.15, -0.1) is 0 Å². The molecule has 0 fully saturated rings. The number of nitrogens with one attached hydrogen (secondary N) is 1. The number of hydrogen-bond donors (Lipinski definition) is 3. The molecule has 0 aromatic heterocycles. The predicted molar refractivity (Wildman–Crippen MR) is 121 cm³/mol. The molecule has 0 amide bonds. The van der Waals surface area contributed by atoms with Crippen molar-refractivity contribution in [3.63, 3.8) is 0 Å². The lowest BCUT2D eigenvalue weighted by molar-refractivity contribution is 0.0697. The van der Waals surface area contributed by atoms with Crippen LogP contribution in [0.5, 0.6) is 0 Å². The first-order valence-electron chi connectivity index (χ1n) is 9.72. The molecule has 0 saturated heterocycles. The minimum Gasteiger partial charge on any atom is -0.478 e. The number of carboxylic acids is 1. The van der Waals surface area contributed by atoms with Gasteiger partial charge in [-0.25, -0.2) is 4.79 Å². The number of carboxylic acid groups (broad SMARTS) is 1. The van der Waals surface area contributed by atoms with Gasteiger partial charge in [0.2, 0.25) is 0 Å². The Balaban J connectivity index is 1.54. The largest absolute Gasteiger partial charge is 0.478 e. The molecule has 0 radical (unpaired) electrons. The number of halogens is 1. The van der Waals surface area contributed by atoms with Crippen molar-refractivity contribution in [1.82, 2.24) is 4.90 Å². The second kappa shape index (κ2) is 10.3. The number of nitrogens with zero attached hydrogens (tertiary/aromatic N) is 1. The lowest BCUT2D eigenvalue weighted by atomic mass is 10.0. The summed E-state index contributed by atoms with van der Waals surface area (Å²) in [5, 5.41) is 23.6. The molecule has 3 aromatic rings. The molecule has 156 valence electrons. The van der Waals surface area contributed by atoms with Gasteiger partial charge in [0.1, 0.15) is 0 Å². The smallest absolute Gasteiger partial charge is 0.335 e. The average molecular weight is 425 g/mol. The number of hydrogen-bond acceptors (Lipinski definition) is 4. The van der Waals surface area contributed by atoms with Gasteiger partial charge >= 0.3 is 5.97 Å². The summed E-state index contributed by atoms with van der Waals surface area (Å²) in [5.74, 6) is -0.936. The molecule has 0 aliphatic heterocycles. The molecule has 6 heteroatoms. The summed E-state index contributed by atoms with van der Waals surface area (Å²) >= 11 is 5.99. The van der Waals surface area contributed by atoms with E-state index in [1.54, 1.807) is 30.3 Å². The summed E-state index contributed by atoms with van der Waals surface area (Å²) in [4.78, 5) is 13.3. The van der Waals surface area contributed by atoms with E-state index >= 15 is 0 Å². The third-order valence-corrected chi connectivity index (χ3v) is 5.08. The zero-order valence-electron chi connectivity index (χ0n) is 16.8. The van der Waals surface area contributed by atoms with Gasteiger partial charge in [-0.3, -0.25) is 0 Å². The van der Waals surface area contributed by atoms with Crippen LogP contribution in [0.1, 0.15) is 22.0 Å². The van der Waals surface area contributed by atoms with Crippen molar-refractivity contribution in [3.8, 4) is 11.1 Å². The van der Waals surface area contributed by atoms with E-state index < -0.39 is 12.1 Å². The van der Waals surface area contributed by atoms with Crippen LogP contribution in [0, 0.1) is 0 Å². The van der Waals surface area contributed by atoms with E-state index in [1.165, 1.54) is 0 Å². The van der Waals surface area contributed by atoms with Gasteiger partial charge in [-0.1, -0.05) is 48.0 Å². The summed E-state index contributed by atoms with van der Waals surface area (Å²) < 4.78 is 0. The summed E-state index contributed by atoms with van der Waals surface area (Å²) in [6.07, 6.45) is -0.599. The number of aromatic carboxylic acids is 1. The van der Waals surface area contributed by atoms with Crippen LogP contribution < -0.4 is 5.32 Å². The predicted octanol–water partition coefficient (Wildman–Crippen LogP) is 4.78. The average Bonchev–Trinajstić information content (AvgIpc) is 2.74. The van der Waals surface area contributed by atoms with Gasteiger partial charge in [0.15, 0.2) is 0 Å². The summed E-state index contributed by atoms with van der Waals surface area (Å²) in [6, 6.07) is 22.1. The zero-order valence-corrected chi connectivity index (χ0v) is 17.5. The Morgan fingerprint density at radius 1 is 1.03 bits per heavy atom. The number of likely N-dealkylation sites (N-methyl/N-ethyl adjacent to an activating group) is 1. The maximum absolute atomic E-state index is 11.2. The Bertz CT molecular complexity index is 1010. The lowest BCUT2D eigenvalue weighted by Crippen LogP contribution is -2.29. The summed E-state index contributed by atoms with van der Waals surface area (Å²) in [6.45, 7) is 1.96. The molecular formula is C24H25ClN2O3. The molecule has 0 heterocycles. The van der Waals surface area contributed by atoms with Crippen LogP contribution in [0.4, 0.5) is 5.69 Å². The molecule has 0 aliphatic carbocycles. The molecule has 5 nitrogen and oxygen atoms in total. The van der Waals surface area contributed by atoms with Gasteiger partial charge in [0.05, 0.1) is 11.7 Å². The van der Waals surface area contributed by atoms with E-state index in [2.05, 4.69) is 10.2 Å². The quantitative estimate of drug-likeness (QED) is 0.461. The van der Waals surface area contributed by atoms with Crippen molar-refractivity contribution in [2.45, 2.75) is 6.10 Å². The van der Waals surface area contributed by atoms with Gasteiger partial charge in [0, 0.05) is 30.3 Å². The van der Waals surface area contributed by atoms with Crippen LogP contribution in [0.15, 0.2) is 72.8 Å². The minimum atomic E-state index is -0.936. The van der Waals surface area contributed by atoms with Gasteiger partial charge in [-0.2, -0.15) is 0 Å². The van der Waals surface area contributed by atoms with Gasteiger partial charge in [-0.05, 0) is 60.1 Å². The summed E-state index contributed by atoms with van der Waals surface area (Å²) in [7, 11) is 1.96. The third-order valence-electron chi connectivity index (χ3n) is 4.85. The van der Waals surface area contributed by atoms with Crippen LogP contribution in [0.3, 0.4) is 0 Å². The maximum atomic E-state index is 11.2. The van der Waals surface area contributed by atoms with Gasteiger partial charge in [0.25, 0.3) is 0 Å². The number of aliphatic hydroxyl groups is 1. The highest BCUT2D eigenvalue weighted by Crippen LogP contribution is 2.24. The second-order valence-electron chi connectivity index (χ2n) is 7.23. The second-order valence-corrected chi connectivity index (χ2v) is 7.66. The topological polar surface area (TPSA) is 72.8 Å². The van der Waals surface area contributed by atoms with Crippen LogP contribution in [-0.2, 0) is 0 Å². The van der Waals surface area contributed by atoms with Crippen molar-refractivity contribution in [2.24, 2.45) is 0 Å². The first-order valence-corrected chi connectivity index (χ1v) is 10.1. The minimum absolute atomic E-state index is 0.269. The van der Waals surface area contributed by atoms with Crippen LogP contribution in [0.2, 0.25) is 5.02 Å². The Hall–Kier alpha value is -2.86. The van der Waals surface area contributed by atoms with Crippen LogP contribution in [-0.4, -0.2) is 47.8 Å². The summed E-state index contributed by atoms with van der Waals surface area (Å²) in [5.41, 5.74) is 3.84. The Morgan fingerprint density at radius 2 is 1.73 bits per heavy atom. The third kappa shape index (κ3) is 6.07. The standard InChI is InChI=1S/C24H25ClN2O3/c1-27(16-23(28)19-7-3-9-21(25)14-19)12-11-26-22-10-4-6-18(15-22)17-5-2-8-20(13-17)24(29)30/h2-10,13-15,23,26,28H,11-12,16H2,1H3,(H,29,30)/t23-/m0/s1. The zero-order chi connectivity index (χ0) is 21.5. The van der Waals surface area contributed by atoms with Crippen molar-refractivity contribution < 1.29 is 15.0 Å². The number of anilines is 1. The van der Waals surface area contributed by atoms with Crippen LogP contribution >= 0.6 is 11.6 Å². The van der Waals surface area contributed by atoms with Crippen molar-refractivity contribution >= 4 is 23.3 Å². The molecule has 3 N–H and O–H groups in total. The monoisotopic (exact) mass is 424 g/mol. The molecule has 0 bridgehead atoms. The van der Waals surface area contributed by atoms with E-state index in [9.17, 15) is 15.0 Å². The van der Waals surface area contributed by atoms with Crippen LogP contribution in [0.25, 0.3) is 11.1 Å². The highest BCUT2D eigenvalue weighted by atomic mass is 35.5. The first-order chi connectivity index (χ1) is 14.4. The highest BCUT2D eigenvalue weighted by Gasteiger charge is 2.11. The fourth-order valence-corrected chi connectivity index (χ4v) is 3.44. The lowest BCUT2D eigenvalue weighted by Gasteiger charge is -2.21. The van der Waals surface area contributed by atoms with Crippen molar-refractivity contribution in [1.29, 1.82) is 0 Å². The molecule has 0 saturated carbocycles. The molecule has 0 unspecified atom stereocenters. The number of carbonyl (C=O) groups is 1. The molecular weight excluding hydrogens is 400 g/mol. The van der Waals surface area contributed by atoms with E-state index in [-0.39, 0.29) is 5.56 Å². The van der Waals surface area contributed by atoms with E-state index in [1.807, 2.05) is 49.5 Å². The van der Waals surface area contributed by atoms with Crippen molar-refractivity contribution in [3.05, 3.63) is 88.9 Å². The van der Waals surface area contributed by atoms with E-state index in [0.29, 0.717) is 18.1 Å². The fourth-order valence-electron chi connectivity index (χ4n) is 3.24. The Morgan fingerprint density at radius 3 is 2.47 bits per heavy atom. The number of rotatable bonds is 9. The van der Waals surface area contributed by atoms with E-state index in [0.717, 1.165) is 28.9 Å². The SMILES string of the molecule is CN(CCNc1cccc(-c2cccc(C(=O)O)c2)c1)C[C@H](O)c1cccc(Cl)c1. The normalized spacial score (nSPS) is 12.0. The maximum Gasteiger partial charge on any atom is 0.335 e. The molecule has 0 spiro atoms. The fraction of sp³-hybridized carbons (Fsp3) is 0.208. The van der Waals surface area contributed by atoms with Gasteiger partial charge < -0.3 is 20.4 Å².